The van der Waals surface area contributed by atoms with Crippen molar-refractivity contribution < 1.29 is 24.3 Å². The van der Waals surface area contributed by atoms with E-state index >= 15 is 0 Å². The van der Waals surface area contributed by atoms with Crippen molar-refractivity contribution >= 4 is 11.9 Å². The van der Waals surface area contributed by atoms with E-state index < -0.39 is 5.97 Å². The monoisotopic (exact) mass is 217 g/mol. The van der Waals surface area contributed by atoms with E-state index in [9.17, 15) is 4.79 Å². The fourth-order valence-electron chi connectivity index (χ4n) is 0.467. The minimum Gasteiger partial charge on any atom is -0.550 e. The summed E-state index contributed by atoms with van der Waals surface area (Å²) in [5.74, 6) is -1.36. The average Bonchev–Trinajstić information content (AvgIpc) is 2.02. The molecule has 88 valence electrons. The molecule has 0 bridgehead atoms. The van der Waals surface area contributed by atoms with Gasteiger partial charge in [-0.1, -0.05) is 6.08 Å². The van der Waals surface area contributed by atoms with Gasteiger partial charge in [0.05, 0.1) is 14.1 Å². The number of carbonyl (C=O) groups excluding carboxylic acids is 2. The molecule has 1 N–H and O–H groups in total. The van der Waals surface area contributed by atoms with Crippen LogP contribution in [0.2, 0.25) is 0 Å². The zero-order chi connectivity index (χ0) is 12.4. The molecular formula is C10H19NO4. The molecular weight excluding hydrogens is 198 g/mol. The van der Waals surface area contributed by atoms with Gasteiger partial charge in [-0.15, -0.1) is 0 Å². The Morgan fingerprint density at radius 2 is 1.80 bits per heavy atom. The standard InChI is InChI=1S/C8H15NO2.C2H4O2/c1-5-6-8(10)11-7(2)9(3)4;1-2(3)4/h5-7H,1-4H3;1H3,(H,3,4)/b6-5+;. The fraction of sp³-hybridized carbons (Fsp3) is 0.600. The van der Waals surface area contributed by atoms with Gasteiger partial charge in [-0.2, -0.15) is 0 Å². The molecule has 0 aliphatic rings. The van der Waals surface area contributed by atoms with Gasteiger partial charge in [0, 0.05) is 19.0 Å². The summed E-state index contributed by atoms with van der Waals surface area (Å²) >= 11 is 0. The molecule has 0 aliphatic carbocycles. The number of ether oxygens (including phenoxy) is 1. The van der Waals surface area contributed by atoms with Crippen LogP contribution >= 0.6 is 0 Å². The number of rotatable bonds is 3. The number of hydrogen-bond donors (Lipinski definition) is 1. The Hall–Kier alpha value is -1.36. The molecule has 0 aromatic rings. The predicted octanol–water partition coefficient (Wildman–Crippen LogP) is -1.65. The Balaban J connectivity index is 0. The molecule has 0 aromatic heterocycles. The lowest BCUT2D eigenvalue weighted by molar-refractivity contribution is -0.905. The first kappa shape index (κ1) is 16.1. The molecule has 0 aromatic carbocycles. The number of carbonyl (C=O) groups is 2. The minimum absolute atomic E-state index is 0.0845. The lowest BCUT2D eigenvalue weighted by atomic mass is 10.5. The highest BCUT2D eigenvalue weighted by Crippen LogP contribution is 1.83. The normalized spacial score (nSPS) is 11.9. The Bertz CT molecular complexity index is 219. The number of nitrogens with one attached hydrogen (secondary N) is 1. The van der Waals surface area contributed by atoms with Crippen LogP contribution in [0.15, 0.2) is 12.2 Å². The third-order valence-corrected chi connectivity index (χ3v) is 1.41. The lowest BCUT2D eigenvalue weighted by Crippen LogP contribution is -3.10. The van der Waals surface area contributed by atoms with E-state index in [1.165, 1.54) is 6.08 Å². The number of aliphatic carboxylic acids is 1. The highest BCUT2D eigenvalue weighted by molar-refractivity contribution is 5.81. The van der Waals surface area contributed by atoms with E-state index in [0.29, 0.717) is 0 Å². The maximum absolute atomic E-state index is 10.8. The number of carboxylic acid groups (broad SMARTS) is 1. The van der Waals surface area contributed by atoms with Crippen molar-refractivity contribution in [2.24, 2.45) is 0 Å². The van der Waals surface area contributed by atoms with Crippen molar-refractivity contribution in [1.82, 2.24) is 0 Å². The molecule has 1 unspecified atom stereocenters. The summed E-state index contributed by atoms with van der Waals surface area (Å²) in [6, 6.07) is 0. The first-order chi connectivity index (χ1) is 6.81. The molecule has 5 heteroatoms. The second-order valence-electron chi connectivity index (χ2n) is 3.15. The molecule has 0 saturated heterocycles. The number of carboxylic acids is 1. The third kappa shape index (κ3) is 15.4. The van der Waals surface area contributed by atoms with Crippen LogP contribution in [0.4, 0.5) is 0 Å². The first-order valence-electron chi connectivity index (χ1n) is 4.62. The fourth-order valence-corrected chi connectivity index (χ4v) is 0.467. The number of esters is 1. The topological polar surface area (TPSA) is 70.9 Å². The van der Waals surface area contributed by atoms with Crippen LogP contribution in [0.1, 0.15) is 20.8 Å². The summed E-state index contributed by atoms with van der Waals surface area (Å²) < 4.78 is 4.99. The SMILES string of the molecule is C/C=C/C(=O)OC(C)[NH+](C)C.CC(=O)[O-]. The highest BCUT2D eigenvalue weighted by Gasteiger charge is 2.10. The lowest BCUT2D eigenvalue weighted by Gasteiger charge is -2.15. The van der Waals surface area contributed by atoms with Gasteiger partial charge in [0.1, 0.15) is 0 Å². The largest absolute Gasteiger partial charge is 0.550 e. The molecule has 0 saturated carbocycles. The number of allylic oxidation sites excluding steroid dienone is 1. The Labute approximate surface area is 90.3 Å². The van der Waals surface area contributed by atoms with Gasteiger partial charge in [-0.25, -0.2) is 4.79 Å². The Kier molecular flexibility index (Phi) is 9.87. The third-order valence-electron chi connectivity index (χ3n) is 1.41. The van der Waals surface area contributed by atoms with Crippen LogP contribution in [0.3, 0.4) is 0 Å². The van der Waals surface area contributed by atoms with Crippen molar-refractivity contribution in [2.45, 2.75) is 27.0 Å². The van der Waals surface area contributed by atoms with Crippen molar-refractivity contribution in [3.8, 4) is 0 Å². The number of hydrogen-bond acceptors (Lipinski definition) is 4. The summed E-state index contributed by atoms with van der Waals surface area (Å²) in [4.78, 5) is 20.8. The van der Waals surface area contributed by atoms with Crippen LogP contribution in [0.25, 0.3) is 0 Å². The zero-order valence-corrected chi connectivity index (χ0v) is 9.87. The van der Waals surface area contributed by atoms with Crippen LogP contribution in [-0.2, 0) is 14.3 Å². The molecule has 1 atom stereocenters. The molecule has 15 heavy (non-hydrogen) atoms. The average molecular weight is 217 g/mol. The van der Waals surface area contributed by atoms with Gasteiger partial charge in [0.2, 0.25) is 6.23 Å². The molecule has 0 fully saturated rings. The summed E-state index contributed by atoms with van der Waals surface area (Å²) in [5, 5.41) is 8.89. The molecule has 0 heterocycles. The van der Waals surface area contributed by atoms with E-state index in [2.05, 4.69) is 0 Å². The molecule has 5 nitrogen and oxygen atoms in total. The van der Waals surface area contributed by atoms with Gasteiger partial charge < -0.3 is 19.5 Å². The molecule has 0 amide bonds. The van der Waals surface area contributed by atoms with Gasteiger partial charge in [0.25, 0.3) is 0 Å². The van der Waals surface area contributed by atoms with Crippen molar-refractivity contribution in [3.05, 3.63) is 12.2 Å². The second kappa shape index (κ2) is 9.21. The first-order valence-corrected chi connectivity index (χ1v) is 4.62. The van der Waals surface area contributed by atoms with Crippen molar-refractivity contribution in [1.29, 1.82) is 0 Å². The van der Waals surface area contributed by atoms with Crippen LogP contribution in [0.5, 0.6) is 0 Å². The van der Waals surface area contributed by atoms with E-state index in [1.54, 1.807) is 13.0 Å². The van der Waals surface area contributed by atoms with E-state index in [1.807, 2.05) is 21.0 Å². The molecule has 0 aliphatic heterocycles. The quantitative estimate of drug-likeness (QED) is 0.349. The minimum atomic E-state index is -1.08. The van der Waals surface area contributed by atoms with Crippen LogP contribution in [-0.4, -0.2) is 32.3 Å². The Morgan fingerprint density at radius 1 is 1.40 bits per heavy atom. The van der Waals surface area contributed by atoms with Crippen LogP contribution in [0, 0.1) is 0 Å². The maximum atomic E-state index is 10.8. The predicted molar refractivity (Wildman–Crippen MR) is 53.9 cm³/mol. The molecule has 0 rings (SSSR count). The van der Waals surface area contributed by atoms with E-state index in [4.69, 9.17) is 14.6 Å². The maximum Gasteiger partial charge on any atom is 0.334 e. The van der Waals surface area contributed by atoms with E-state index in [-0.39, 0.29) is 12.2 Å². The zero-order valence-electron chi connectivity index (χ0n) is 9.87. The molecule has 0 spiro atoms. The smallest absolute Gasteiger partial charge is 0.334 e. The second-order valence-corrected chi connectivity index (χ2v) is 3.15. The Morgan fingerprint density at radius 3 is 2.07 bits per heavy atom. The van der Waals surface area contributed by atoms with Gasteiger partial charge in [-0.3, -0.25) is 0 Å². The van der Waals surface area contributed by atoms with Crippen molar-refractivity contribution in [3.63, 3.8) is 0 Å². The van der Waals surface area contributed by atoms with Crippen LogP contribution < -0.4 is 10.0 Å². The summed E-state index contributed by atoms with van der Waals surface area (Å²) in [5.41, 5.74) is 0. The summed E-state index contributed by atoms with van der Waals surface area (Å²) in [7, 11) is 3.88. The van der Waals surface area contributed by atoms with Gasteiger partial charge >= 0.3 is 5.97 Å². The van der Waals surface area contributed by atoms with Gasteiger partial charge in [0.15, 0.2) is 0 Å². The number of quaternary nitrogens is 1. The summed E-state index contributed by atoms with van der Waals surface area (Å²) in [6.07, 6.45) is 3.00. The van der Waals surface area contributed by atoms with Gasteiger partial charge in [-0.05, 0) is 13.8 Å². The van der Waals surface area contributed by atoms with Crippen molar-refractivity contribution in [2.75, 3.05) is 14.1 Å². The summed E-state index contributed by atoms with van der Waals surface area (Å²) in [6.45, 7) is 4.62. The molecule has 0 radical (unpaired) electrons. The highest BCUT2D eigenvalue weighted by atomic mass is 16.6. The van der Waals surface area contributed by atoms with E-state index in [0.717, 1.165) is 11.8 Å².